The lowest BCUT2D eigenvalue weighted by molar-refractivity contribution is -0.278. The SMILES string of the molecule is Cc1[nH]nc(OC2O[C@H](CO)[C@@H](O)[C@H](O)[C@H]2O)c1Cc1ccc(OC(C)C)cc1. The molecule has 0 amide bonds. The van der Waals surface area contributed by atoms with E-state index < -0.39 is 37.3 Å². The molecular weight excluding hydrogens is 380 g/mol. The van der Waals surface area contributed by atoms with Crippen molar-refractivity contribution >= 4 is 0 Å². The number of nitrogens with one attached hydrogen (secondary N) is 1. The van der Waals surface area contributed by atoms with Crippen LogP contribution in [0.2, 0.25) is 0 Å². The molecular formula is C20H28N2O7. The number of aliphatic hydroxyl groups excluding tert-OH is 4. The highest BCUT2D eigenvalue weighted by molar-refractivity contribution is 5.37. The Kier molecular flexibility index (Phi) is 6.76. The van der Waals surface area contributed by atoms with Crippen LogP contribution in [-0.2, 0) is 11.2 Å². The fraction of sp³-hybridized carbons (Fsp3) is 0.550. The maximum atomic E-state index is 10.2. The zero-order valence-electron chi connectivity index (χ0n) is 16.6. The molecule has 1 saturated heterocycles. The van der Waals surface area contributed by atoms with Gasteiger partial charge in [-0.25, -0.2) is 0 Å². The molecule has 29 heavy (non-hydrogen) atoms. The van der Waals surface area contributed by atoms with Crippen LogP contribution < -0.4 is 9.47 Å². The summed E-state index contributed by atoms with van der Waals surface area (Å²) in [6.07, 6.45) is -6.17. The lowest BCUT2D eigenvalue weighted by Crippen LogP contribution is -2.60. The van der Waals surface area contributed by atoms with E-state index in [0.717, 1.165) is 22.6 Å². The van der Waals surface area contributed by atoms with Crippen LogP contribution in [0.1, 0.15) is 30.7 Å². The van der Waals surface area contributed by atoms with E-state index in [4.69, 9.17) is 14.2 Å². The molecule has 1 unspecified atom stereocenters. The van der Waals surface area contributed by atoms with Crippen LogP contribution in [-0.4, -0.2) is 74.0 Å². The molecule has 2 heterocycles. The molecule has 0 aliphatic carbocycles. The normalized spacial score (nSPS) is 27.2. The van der Waals surface area contributed by atoms with Gasteiger partial charge in [-0.15, -0.1) is 5.10 Å². The summed E-state index contributed by atoms with van der Waals surface area (Å²) in [5, 5.41) is 46.3. The lowest BCUT2D eigenvalue weighted by atomic mass is 9.99. The Morgan fingerprint density at radius 1 is 1.10 bits per heavy atom. The van der Waals surface area contributed by atoms with Gasteiger partial charge in [-0.1, -0.05) is 12.1 Å². The van der Waals surface area contributed by atoms with Crippen molar-refractivity contribution in [2.75, 3.05) is 6.61 Å². The van der Waals surface area contributed by atoms with E-state index in [0.29, 0.717) is 6.42 Å². The zero-order valence-corrected chi connectivity index (χ0v) is 16.6. The molecule has 1 aromatic carbocycles. The van der Waals surface area contributed by atoms with E-state index in [1.165, 1.54) is 0 Å². The second-order valence-corrected chi connectivity index (χ2v) is 7.43. The van der Waals surface area contributed by atoms with Gasteiger partial charge in [-0.05, 0) is 38.5 Å². The Hall–Kier alpha value is -2.17. The highest BCUT2D eigenvalue weighted by atomic mass is 16.7. The molecule has 1 aliphatic rings. The third-order valence-electron chi connectivity index (χ3n) is 4.79. The van der Waals surface area contributed by atoms with Gasteiger partial charge in [-0.3, -0.25) is 5.10 Å². The zero-order chi connectivity index (χ0) is 21.1. The van der Waals surface area contributed by atoms with Gasteiger partial charge >= 0.3 is 0 Å². The smallest absolute Gasteiger partial charge is 0.238 e. The van der Waals surface area contributed by atoms with Crippen LogP contribution >= 0.6 is 0 Å². The summed E-state index contributed by atoms with van der Waals surface area (Å²) < 4.78 is 16.7. The molecule has 1 fully saturated rings. The van der Waals surface area contributed by atoms with Gasteiger partial charge in [0.1, 0.15) is 30.2 Å². The summed E-state index contributed by atoms with van der Waals surface area (Å²) in [5.41, 5.74) is 2.55. The van der Waals surface area contributed by atoms with E-state index in [1.54, 1.807) is 0 Å². The van der Waals surface area contributed by atoms with Crippen LogP contribution in [0.4, 0.5) is 0 Å². The van der Waals surface area contributed by atoms with E-state index in [-0.39, 0.29) is 12.0 Å². The van der Waals surface area contributed by atoms with Crippen molar-refractivity contribution in [2.24, 2.45) is 0 Å². The first-order valence-corrected chi connectivity index (χ1v) is 9.56. The van der Waals surface area contributed by atoms with Crippen molar-refractivity contribution in [3.63, 3.8) is 0 Å². The molecule has 9 nitrogen and oxygen atoms in total. The minimum Gasteiger partial charge on any atom is -0.491 e. The third kappa shape index (κ3) is 4.88. The Morgan fingerprint density at radius 3 is 2.41 bits per heavy atom. The summed E-state index contributed by atoms with van der Waals surface area (Å²) in [5.74, 6) is 1.000. The first-order chi connectivity index (χ1) is 13.8. The van der Waals surface area contributed by atoms with Crippen LogP contribution in [0.5, 0.6) is 11.6 Å². The van der Waals surface area contributed by atoms with Gasteiger partial charge in [0, 0.05) is 17.7 Å². The standard InChI is InChI=1S/C20H28N2O7/c1-10(2)27-13-6-4-12(5-7-13)8-14-11(3)21-22-19(14)29-20-18(26)17(25)16(24)15(9-23)28-20/h4-7,10,15-18,20,23-26H,8-9H2,1-3H3,(H,21,22)/t15-,16-,17+,18-,20?/m1/s1. The van der Waals surface area contributed by atoms with Crippen molar-refractivity contribution in [1.29, 1.82) is 0 Å². The van der Waals surface area contributed by atoms with Gasteiger partial charge in [0.05, 0.1) is 12.7 Å². The molecule has 1 aromatic heterocycles. The molecule has 9 heteroatoms. The molecule has 1 aliphatic heterocycles. The third-order valence-corrected chi connectivity index (χ3v) is 4.79. The monoisotopic (exact) mass is 408 g/mol. The maximum absolute atomic E-state index is 10.2. The number of aryl methyl sites for hydroxylation is 1. The number of aliphatic hydroxyl groups is 4. The predicted molar refractivity (Wildman–Crippen MR) is 103 cm³/mol. The summed E-state index contributed by atoms with van der Waals surface area (Å²) in [6, 6.07) is 7.68. The molecule has 0 spiro atoms. The van der Waals surface area contributed by atoms with Crippen molar-refractivity contribution in [2.45, 2.75) is 64.0 Å². The minimum absolute atomic E-state index is 0.0931. The topological polar surface area (TPSA) is 137 Å². The Bertz CT molecular complexity index is 791. The van der Waals surface area contributed by atoms with E-state index in [1.807, 2.05) is 45.0 Å². The second-order valence-electron chi connectivity index (χ2n) is 7.43. The summed E-state index contributed by atoms with van der Waals surface area (Å²) in [7, 11) is 0. The van der Waals surface area contributed by atoms with Gasteiger partial charge in [0.15, 0.2) is 0 Å². The van der Waals surface area contributed by atoms with Crippen molar-refractivity contribution < 1.29 is 34.6 Å². The van der Waals surface area contributed by atoms with Crippen molar-refractivity contribution in [1.82, 2.24) is 10.2 Å². The second kappa shape index (κ2) is 9.10. The summed E-state index contributed by atoms with van der Waals surface area (Å²) in [6.45, 7) is 5.25. The number of hydrogen-bond acceptors (Lipinski definition) is 8. The Labute approximate surface area is 168 Å². The van der Waals surface area contributed by atoms with Gasteiger partial charge in [0.25, 0.3) is 0 Å². The number of nitrogens with zero attached hydrogens (tertiary/aromatic N) is 1. The molecule has 5 N–H and O–H groups in total. The Balaban J connectivity index is 1.74. The van der Waals surface area contributed by atoms with Gasteiger partial charge in [-0.2, -0.15) is 0 Å². The molecule has 5 atom stereocenters. The molecule has 0 bridgehead atoms. The number of hydrogen-bond donors (Lipinski definition) is 5. The number of aromatic nitrogens is 2. The molecule has 160 valence electrons. The highest BCUT2D eigenvalue weighted by Crippen LogP contribution is 2.28. The average Bonchev–Trinajstić information content (AvgIpc) is 3.03. The molecule has 0 saturated carbocycles. The maximum Gasteiger partial charge on any atom is 0.238 e. The van der Waals surface area contributed by atoms with Crippen LogP contribution in [0.3, 0.4) is 0 Å². The average molecular weight is 408 g/mol. The van der Waals surface area contributed by atoms with Crippen LogP contribution in [0.15, 0.2) is 24.3 Å². The van der Waals surface area contributed by atoms with Gasteiger partial charge < -0.3 is 34.6 Å². The quantitative estimate of drug-likeness (QED) is 0.440. The number of aromatic amines is 1. The first kappa shape index (κ1) is 21.5. The van der Waals surface area contributed by atoms with E-state index in [9.17, 15) is 20.4 Å². The predicted octanol–water partition coefficient (Wildman–Crippen LogP) is 0.275. The molecule has 2 aromatic rings. The summed E-state index contributed by atoms with van der Waals surface area (Å²) in [4.78, 5) is 0. The van der Waals surface area contributed by atoms with Crippen molar-refractivity contribution in [3.8, 4) is 11.6 Å². The lowest BCUT2D eigenvalue weighted by Gasteiger charge is -2.39. The highest BCUT2D eigenvalue weighted by Gasteiger charge is 2.45. The number of rotatable bonds is 7. The van der Waals surface area contributed by atoms with Crippen LogP contribution in [0, 0.1) is 6.92 Å². The first-order valence-electron chi connectivity index (χ1n) is 9.56. The molecule has 3 rings (SSSR count). The van der Waals surface area contributed by atoms with Gasteiger partial charge in [0.2, 0.25) is 12.2 Å². The van der Waals surface area contributed by atoms with Crippen molar-refractivity contribution in [3.05, 3.63) is 41.1 Å². The van der Waals surface area contributed by atoms with Crippen LogP contribution in [0.25, 0.3) is 0 Å². The Morgan fingerprint density at radius 2 is 1.79 bits per heavy atom. The van der Waals surface area contributed by atoms with E-state index >= 15 is 0 Å². The van der Waals surface area contributed by atoms with E-state index in [2.05, 4.69) is 10.2 Å². The number of benzene rings is 1. The fourth-order valence-corrected chi connectivity index (χ4v) is 3.17. The number of ether oxygens (including phenoxy) is 3. The largest absolute Gasteiger partial charge is 0.491 e. The number of H-pyrrole nitrogens is 1. The summed E-state index contributed by atoms with van der Waals surface area (Å²) >= 11 is 0. The fourth-order valence-electron chi connectivity index (χ4n) is 3.17. The minimum atomic E-state index is -1.51. The molecule has 0 radical (unpaired) electrons.